The molecular weight excluding hydrogens is 374 g/mol. The van der Waals surface area contributed by atoms with Gasteiger partial charge in [0.1, 0.15) is 13.2 Å². The fourth-order valence-corrected chi connectivity index (χ4v) is 3.45. The highest BCUT2D eigenvalue weighted by atomic mass is 16.6. The summed E-state index contributed by atoms with van der Waals surface area (Å²) in [5, 5.41) is 7.11. The molecule has 4 rings (SSSR count). The third-order valence-electron chi connectivity index (χ3n) is 5.19. The Bertz CT molecular complexity index is 906. The Hall–Kier alpha value is -3.23. The van der Waals surface area contributed by atoms with Crippen molar-refractivity contribution in [2.45, 2.75) is 13.5 Å². The molecular formula is C20H25N5O4. The monoisotopic (exact) mass is 399 g/mol. The maximum absolute atomic E-state index is 13.2. The Morgan fingerprint density at radius 2 is 2.03 bits per heavy atom. The molecule has 154 valence electrons. The van der Waals surface area contributed by atoms with E-state index in [2.05, 4.69) is 10.4 Å². The zero-order valence-corrected chi connectivity index (χ0v) is 16.7. The number of hydrogen-bond acceptors (Lipinski definition) is 5. The number of ether oxygens (including phenoxy) is 2. The summed E-state index contributed by atoms with van der Waals surface area (Å²) in [6, 6.07) is 7.39. The van der Waals surface area contributed by atoms with Gasteiger partial charge in [-0.25, -0.2) is 4.79 Å². The number of hydrogen-bond donors (Lipinski definition) is 1. The summed E-state index contributed by atoms with van der Waals surface area (Å²) in [4.78, 5) is 28.5. The predicted octanol–water partition coefficient (Wildman–Crippen LogP) is 1.17. The smallest absolute Gasteiger partial charge is 0.317 e. The molecule has 9 nitrogen and oxygen atoms in total. The van der Waals surface area contributed by atoms with Gasteiger partial charge in [0.2, 0.25) is 0 Å². The van der Waals surface area contributed by atoms with E-state index in [9.17, 15) is 9.59 Å². The Morgan fingerprint density at radius 1 is 1.24 bits per heavy atom. The van der Waals surface area contributed by atoms with E-state index < -0.39 is 0 Å². The van der Waals surface area contributed by atoms with E-state index in [-0.39, 0.29) is 11.9 Å². The first-order chi connectivity index (χ1) is 14.0. The molecule has 2 aromatic rings. The van der Waals surface area contributed by atoms with Crippen LogP contribution < -0.4 is 14.8 Å². The lowest BCUT2D eigenvalue weighted by molar-refractivity contribution is 0.0724. The van der Waals surface area contributed by atoms with Gasteiger partial charge in [-0.2, -0.15) is 5.10 Å². The average molecular weight is 399 g/mol. The Morgan fingerprint density at radius 3 is 2.72 bits per heavy atom. The van der Waals surface area contributed by atoms with Crippen molar-refractivity contribution >= 4 is 11.9 Å². The van der Waals surface area contributed by atoms with Gasteiger partial charge in [-0.15, -0.1) is 0 Å². The Balaban J connectivity index is 1.53. The molecule has 0 spiro atoms. The van der Waals surface area contributed by atoms with Crippen molar-refractivity contribution < 1.29 is 19.1 Å². The van der Waals surface area contributed by atoms with Gasteiger partial charge in [0.15, 0.2) is 17.2 Å². The van der Waals surface area contributed by atoms with Crippen LogP contribution >= 0.6 is 0 Å². The molecule has 1 aromatic heterocycles. The van der Waals surface area contributed by atoms with Crippen molar-refractivity contribution in [2.75, 3.05) is 39.4 Å². The summed E-state index contributed by atoms with van der Waals surface area (Å²) in [5.74, 6) is 1.24. The average Bonchev–Trinajstić information content (AvgIpc) is 3.29. The zero-order valence-electron chi connectivity index (χ0n) is 16.7. The van der Waals surface area contributed by atoms with Gasteiger partial charge >= 0.3 is 6.03 Å². The summed E-state index contributed by atoms with van der Waals surface area (Å²) in [5.41, 5.74) is 2.24. The van der Waals surface area contributed by atoms with E-state index >= 15 is 0 Å². The van der Waals surface area contributed by atoms with Crippen molar-refractivity contribution in [3.05, 3.63) is 41.2 Å². The maximum Gasteiger partial charge on any atom is 0.317 e. The number of rotatable bonds is 6. The van der Waals surface area contributed by atoms with E-state index in [1.165, 1.54) is 0 Å². The van der Waals surface area contributed by atoms with Crippen molar-refractivity contribution in [3.8, 4) is 11.5 Å². The number of nitrogens with zero attached hydrogens (tertiary/aromatic N) is 4. The van der Waals surface area contributed by atoms with Crippen molar-refractivity contribution in [1.82, 2.24) is 24.9 Å². The van der Waals surface area contributed by atoms with Crippen LogP contribution in [0.15, 0.2) is 24.3 Å². The van der Waals surface area contributed by atoms with E-state index in [1.807, 2.05) is 32.2 Å². The van der Waals surface area contributed by atoms with E-state index in [0.717, 1.165) is 11.3 Å². The maximum atomic E-state index is 13.2. The van der Waals surface area contributed by atoms with E-state index in [4.69, 9.17) is 9.47 Å². The molecule has 3 amide bonds. The van der Waals surface area contributed by atoms with Crippen LogP contribution in [-0.2, 0) is 13.6 Å². The van der Waals surface area contributed by atoms with Gasteiger partial charge in [-0.1, -0.05) is 6.07 Å². The van der Waals surface area contributed by atoms with Gasteiger partial charge in [0, 0.05) is 45.5 Å². The first kappa shape index (κ1) is 19.1. The Kier molecular flexibility index (Phi) is 5.28. The molecule has 3 heterocycles. The second-order valence-electron chi connectivity index (χ2n) is 7.22. The third kappa shape index (κ3) is 4.13. The number of urea groups is 1. The van der Waals surface area contributed by atoms with Crippen LogP contribution in [0.1, 0.15) is 21.7 Å². The first-order valence-electron chi connectivity index (χ1n) is 9.72. The Labute approximate surface area is 169 Å². The van der Waals surface area contributed by atoms with Crippen LogP contribution in [0.25, 0.3) is 0 Å². The molecule has 0 aliphatic carbocycles. The lowest BCUT2D eigenvalue weighted by atomic mass is 10.1. The third-order valence-corrected chi connectivity index (χ3v) is 5.19. The van der Waals surface area contributed by atoms with Gasteiger partial charge in [0.25, 0.3) is 5.91 Å². The summed E-state index contributed by atoms with van der Waals surface area (Å²) in [7, 11) is 1.81. The van der Waals surface area contributed by atoms with Crippen LogP contribution in [0, 0.1) is 6.92 Å². The van der Waals surface area contributed by atoms with Crippen LogP contribution in [0.5, 0.6) is 11.5 Å². The predicted molar refractivity (Wildman–Crippen MR) is 105 cm³/mol. The van der Waals surface area contributed by atoms with Crippen molar-refractivity contribution in [3.63, 3.8) is 0 Å². The summed E-state index contributed by atoms with van der Waals surface area (Å²) in [6.07, 6.45) is 0. The number of aryl methyl sites for hydroxylation is 2. The van der Waals surface area contributed by atoms with Gasteiger partial charge in [-0.05, 0) is 30.7 Å². The number of fused-ring (bicyclic) bond motifs is 1. The number of carbonyl (C=O) groups is 2. The minimum absolute atomic E-state index is 0.0922. The van der Waals surface area contributed by atoms with Crippen molar-refractivity contribution in [2.24, 2.45) is 7.05 Å². The highest BCUT2D eigenvalue weighted by molar-refractivity contribution is 5.92. The molecule has 2 aliphatic rings. The molecule has 1 saturated heterocycles. The largest absolute Gasteiger partial charge is 0.486 e. The number of carbonyl (C=O) groups excluding carboxylic acids is 2. The molecule has 1 fully saturated rings. The molecule has 2 aliphatic heterocycles. The molecule has 9 heteroatoms. The highest BCUT2D eigenvalue weighted by Crippen LogP contribution is 2.31. The number of nitrogens with one attached hydrogen (secondary N) is 1. The molecule has 1 aromatic carbocycles. The van der Waals surface area contributed by atoms with Gasteiger partial charge in [0.05, 0.1) is 0 Å². The number of benzene rings is 1. The molecule has 0 unspecified atom stereocenters. The fraction of sp³-hybridized carbons (Fsp3) is 0.450. The second kappa shape index (κ2) is 8.02. The second-order valence-corrected chi connectivity index (χ2v) is 7.22. The van der Waals surface area contributed by atoms with Crippen LogP contribution in [0.2, 0.25) is 0 Å². The van der Waals surface area contributed by atoms with Crippen LogP contribution in [0.4, 0.5) is 4.79 Å². The quantitative estimate of drug-likeness (QED) is 0.788. The molecule has 29 heavy (non-hydrogen) atoms. The van der Waals surface area contributed by atoms with Gasteiger partial charge < -0.3 is 24.6 Å². The topological polar surface area (TPSA) is 88.9 Å². The lowest BCUT2D eigenvalue weighted by Crippen LogP contribution is -2.39. The molecule has 0 radical (unpaired) electrons. The van der Waals surface area contributed by atoms with E-state index in [1.54, 1.807) is 20.5 Å². The standard InChI is InChI=1S/C20H25N5O4/c1-14-11-16(22-23(14)2)19(26)25(8-7-24-6-5-21-20(24)27)13-15-3-4-17-18(12-15)29-10-9-28-17/h3-4,11-12H,5-10,13H2,1-2H3,(H,21,27). The SMILES string of the molecule is Cc1cc(C(=O)N(CCN2CCNC2=O)Cc2ccc3c(c2)OCCO3)nn1C. The number of aromatic nitrogens is 2. The molecule has 0 atom stereocenters. The summed E-state index contributed by atoms with van der Waals surface area (Å²) in [6.45, 7) is 5.50. The molecule has 0 saturated carbocycles. The highest BCUT2D eigenvalue weighted by Gasteiger charge is 2.24. The first-order valence-corrected chi connectivity index (χ1v) is 9.72. The minimum Gasteiger partial charge on any atom is -0.486 e. The number of amides is 3. The zero-order chi connectivity index (χ0) is 20.4. The summed E-state index contributed by atoms with van der Waals surface area (Å²) >= 11 is 0. The lowest BCUT2D eigenvalue weighted by Gasteiger charge is -2.25. The van der Waals surface area contributed by atoms with Crippen LogP contribution in [-0.4, -0.2) is 70.9 Å². The molecule has 1 N–H and O–H groups in total. The normalized spacial score (nSPS) is 15.4. The fourth-order valence-electron chi connectivity index (χ4n) is 3.45. The van der Waals surface area contributed by atoms with Gasteiger partial charge in [-0.3, -0.25) is 9.48 Å². The minimum atomic E-state index is -0.164. The van der Waals surface area contributed by atoms with Crippen LogP contribution in [0.3, 0.4) is 0 Å². The van der Waals surface area contributed by atoms with E-state index in [0.29, 0.717) is 63.1 Å². The molecule has 0 bridgehead atoms. The van der Waals surface area contributed by atoms with Crippen molar-refractivity contribution in [1.29, 1.82) is 0 Å². The summed E-state index contributed by atoms with van der Waals surface area (Å²) < 4.78 is 12.9.